The molecule has 0 unspecified atom stereocenters. The van der Waals surface area contributed by atoms with Crippen molar-refractivity contribution in [1.82, 2.24) is 9.78 Å². The molecule has 0 radical (unpaired) electrons. The lowest BCUT2D eigenvalue weighted by atomic mass is 9.78. The van der Waals surface area contributed by atoms with Gasteiger partial charge in [0.1, 0.15) is 5.15 Å². The Morgan fingerprint density at radius 3 is 2.56 bits per heavy atom. The van der Waals surface area contributed by atoms with Gasteiger partial charge in [0.05, 0.1) is 11.2 Å². The highest BCUT2D eigenvalue weighted by molar-refractivity contribution is 6.30. The van der Waals surface area contributed by atoms with Gasteiger partial charge in [0, 0.05) is 19.0 Å². The summed E-state index contributed by atoms with van der Waals surface area (Å²) in [6, 6.07) is 0. The number of nitrogens with two attached hydrogens (primary N) is 1. The van der Waals surface area contributed by atoms with Gasteiger partial charge < -0.3 is 5.73 Å². The molecule has 1 aliphatic rings. The standard InChI is InChI=1S/C13H20ClN3O/c1-9-10(12(14)17(2)16-9)8-11(18)13(15)6-4-3-5-7-13/h3-8,15H2,1-2H3. The average molecular weight is 270 g/mol. The molecule has 1 aromatic rings. The molecule has 0 aliphatic heterocycles. The second-order valence-electron chi connectivity index (χ2n) is 5.30. The fourth-order valence-electron chi connectivity index (χ4n) is 2.67. The van der Waals surface area contributed by atoms with Gasteiger partial charge in [0.15, 0.2) is 5.78 Å². The SMILES string of the molecule is Cc1nn(C)c(Cl)c1CC(=O)C1(N)CCCCC1. The Balaban J connectivity index is 2.16. The topological polar surface area (TPSA) is 60.9 Å². The molecule has 2 rings (SSSR count). The van der Waals surface area contributed by atoms with Crippen LogP contribution in [0.3, 0.4) is 0 Å². The molecule has 1 fully saturated rings. The van der Waals surface area contributed by atoms with Gasteiger partial charge >= 0.3 is 0 Å². The minimum Gasteiger partial charge on any atom is -0.319 e. The molecule has 0 atom stereocenters. The van der Waals surface area contributed by atoms with E-state index in [1.165, 1.54) is 6.42 Å². The van der Waals surface area contributed by atoms with Gasteiger partial charge in [-0.2, -0.15) is 5.10 Å². The third-order valence-electron chi connectivity index (χ3n) is 3.91. The minimum absolute atomic E-state index is 0.0974. The normalized spacial score (nSPS) is 18.9. The lowest BCUT2D eigenvalue weighted by molar-refractivity contribution is -0.124. The van der Waals surface area contributed by atoms with E-state index in [1.54, 1.807) is 11.7 Å². The number of hydrogen-bond donors (Lipinski definition) is 1. The molecule has 1 aromatic heterocycles. The molecule has 0 saturated heterocycles. The van der Waals surface area contributed by atoms with E-state index in [9.17, 15) is 4.79 Å². The molecule has 100 valence electrons. The van der Waals surface area contributed by atoms with Crippen molar-refractivity contribution in [1.29, 1.82) is 0 Å². The summed E-state index contributed by atoms with van der Waals surface area (Å²) >= 11 is 6.15. The Morgan fingerprint density at radius 1 is 1.44 bits per heavy atom. The number of nitrogens with zero attached hydrogens (tertiary/aromatic N) is 2. The zero-order chi connectivity index (χ0) is 13.3. The second-order valence-corrected chi connectivity index (χ2v) is 5.65. The fourth-order valence-corrected chi connectivity index (χ4v) is 2.91. The van der Waals surface area contributed by atoms with Crippen molar-refractivity contribution in [3.05, 3.63) is 16.4 Å². The van der Waals surface area contributed by atoms with Crippen LogP contribution in [-0.4, -0.2) is 21.1 Å². The summed E-state index contributed by atoms with van der Waals surface area (Å²) in [7, 11) is 1.78. The van der Waals surface area contributed by atoms with Gasteiger partial charge in [0.25, 0.3) is 0 Å². The number of ketones is 1. The Morgan fingerprint density at radius 2 is 2.06 bits per heavy atom. The summed E-state index contributed by atoms with van der Waals surface area (Å²) in [5.41, 5.74) is 7.22. The maximum Gasteiger partial charge on any atom is 0.157 e. The molecular formula is C13H20ClN3O. The van der Waals surface area contributed by atoms with Crippen LogP contribution in [0.4, 0.5) is 0 Å². The minimum atomic E-state index is -0.649. The van der Waals surface area contributed by atoms with Crippen molar-refractivity contribution >= 4 is 17.4 Å². The molecule has 0 bridgehead atoms. The van der Waals surface area contributed by atoms with E-state index in [-0.39, 0.29) is 5.78 Å². The molecule has 1 aliphatic carbocycles. The largest absolute Gasteiger partial charge is 0.319 e. The molecule has 2 N–H and O–H groups in total. The van der Waals surface area contributed by atoms with Crippen LogP contribution in [0.5, 0.6) is 0 Å². The summed E-state index contributed by atoms with van der Waals surface area (Å²) in [5, 5.41) is 4.77. The van der Waals surface area contributed by atoms with Gasteiger partial charge in [-0.25, -0.2) is 0 Å². The van der Waals surface area contributed by atoms with Gasteiger partial charge in [-0.15, -0.1) is 0 Å². The van der Waals surface area contributed by atoms with E-state index < -0.39 is 5.54 Å². The van der Waals surface area contributed by atoms with Gasteiger partial charge in [-0.1, -0.05) is 30.9 Å². The first-order valence-electron chi connectivity index (χ1n) is 6.44. The summed E-state index contributed by atoms with van der Waals surface area (Å²) in [4.78, 5) is 12.4. The van der Waals surface area contributed by atoms with Crippen LogP contribution in [0.2, 0.25) is 5.15 Å². The van der Waals surface area contributed by atoms with Gasteiger partial charge in [-0.05, 0) is 19.8 Å². The molecule has 5 heteroatoms. The van der Waals surface area contributed by atoms with E-state index in [0.29, 0.717) is 11.6 Å². The van der Waals surface area contributed by atoms with Crippen LogP contribution in [-0.2, 0) is 18.3 Å². The number of rotatable bonds is 3. The first kappa shape index (κ1) is 13.6. The highest BCUT2D eigenvalue weighted by Crippen LogP contribution is 2.29. The molecule has 1 saturated carbocycles. The molecule has 0 spiro atoms. The average Bonchev–Trinajstić information content (AvgIpc) is 2.57. The van der Waals surface area contributed by atoms with E-state index in [4.69, 9.17) is 17.3 Å². The number of hydrogen-bond acceptors (Lipinski definition) is 3. The maximum atomic E-state index is 12.4. The number of carbonyl (C=O) groups excluding carboxylic acids is 1. The number of halogens is 1. The van der Waals surface area contributed by atoms with Crippen LogP contribution in [0.1, 0.15) is 43.4 Å². The molecule has 0 amide bonds. The first-order chi connectivity index (χ1) is 8.44. The third-order valence-corrected chi connectivity index (χ3v) is 4.38. The van der Waals surface area contributed by atoms with E-state index in [2.05, 4.69) is 5.10 Å². The zero-order valence-corrected chi connectivity index (χ0v) is 11.8. The molecule has 4 nitrogen and oxygen atoms in total. The summed E-state index contributed by atoms with van der Waals surface area (Å²) in [6.45, 7) is 1.87. The zero-order valence-electron chi connectivity index (χ0n) is 11.0. The van der Waals surface area contributed by atoms with Crippen molar-refractivity contribution in [3.63, 3.8) is 0 Å². The predicted octanol–water partition coefficient (Wildman–Crippen LogP) is 2.16. The van der Waals surface area contributed by atoms with Crippen molar-refractivity contribution in [2.45, 2.75) is 51.0 Å². The molecule has 0 aromatic carbocycles. The van der Waals surface area contributed by atoms with E-state index in [0.717, 1.165) is 36.9 Å². The lowest BCUT2D eigenvalue weighted by Crippen LogP contribution is -2.50. The highest BCUT2D eigenvalue weighted by atomic mass is 35.5. The van der Waals surface area contributed by atoms with Crippen molar-refractivity contribution in [3.8, 4) is 0 Å². The Hall–Kier alpha value is -0.870. The first-order valence-corrected chi connectivity index (χ1v) is 6.82. The molecule has 1 heterocycles. The Labute approximate surface area is 112 Å². The number of aromatic nitrogens is 2. The monoisotopic (exact) mass is 269 g/mol. The highest BCUT2D eigenvalue weighted by Gasteiger charge is 2.35. The van der Waals surface area contributed by atoms with Crippen molar-refractivity contribution < 1.29 is 4.79 Å². The van der Waals surface area contributed by atoms with Crippen LogP contribution in [0.25, 0.3) is 0 Å². The molecular weight excluding hydrogens is 250 g/mol. The second kappa shape index (κ2) is 5.02. The van der Waals surface area contributed by atoms with Crippen LogP contribution in [0, 0.1) is 6.92 Å². The maximum absolute atomic E-state index is 12.4. The van der Waals surface area contributed by atoms with Gasteiger partial charge in [-0.3, -0.25) is 9.48 Å². The third kappa shape index (κ3) is 2.45. The number of carbonyl (C=O) groups is 1. The predicted molar refractivity (Wildman–Crippen MR) is 71.7 cm³/mol. The summed E-state index contributed by atoms with van der Waals surface area (Å²) in [5.74, 6) is 0.0974. The van der Waals surface area contributed by atoms with Crippen LogP contribution >= 0.6 is 11.6 Å². The Kier molecular flexibility index (Phi) is 3.78. The van der Waals surface area contributed by atoms with Crippen molar-refractivity contribution in [2.75, 3.05) is 0 Å². The number of aryl methyl sites for hydroxylation is 2. The van der Waals surface area contributed by atoms with Crippen LogP contribution < -0.4 is 5.73 Å². The number of Topliss-reactive ketones (excluding diaryl/α,β-unsaturated/α-hetero) is 1. The Bertz CT molecular complexity index is 461. The quantitative estimate of drug-likeness (QED) is 0.915. The summed E-state index contributed by atoms with van der Waals surface area (Å²) in [6.07, 6.45) is 5.16. The lowest BCUT2D eigenvalue weighted by Gasteiger charge is -2.31. The van der Waals surface area contributed by atoms with Crippen molar-refractivity contribution in [2.24, 2.45) is 12.8 Å². The van der Waals surface area contributed by atoms with E-state index in [1.807, 2.05) is 6.92 Å². The van der Waals surface area contributed by atoms with Gasteiger partial charge in [0.2, 0.25) is 0 Å². The smallest absolute Gasteiger partial charge is 0.157 e. The fraction of sp³-hybridized carbons (Fsp3) is 0.692. The summed E-state index contributed by atoms with van der Waals surface area (Å²) < 4.78 is 1.60. The van der Waals surface area contributed by atoms with Crippen LogP contribution in [0.15, 0.2) is 0 Å². The van der Waals surface area contributed by atoms with E-state index >= 15 is 0 Å². The molecule has 18 heavy (non-hydrogen) atoms.